The molecule has 0 aliphatic carbocycles. The van der Waals surface area contributed by atoms with Crippen LogP contribution < -0.4 is 5.73 Å². The molecule has 0 aromatic carbocycles. The number of nitrogens with zero attached hydrogens (tertiary/aromatic N) is 3. The summed E-state index contributed by atoms with van der Waals surface area (Å²) in [4.78, 5) is 9.06. The van der Waals surface area contributed by atoms with E-state index in [0.29, 0.717) is 5.96 Å². The lowest BCUT2D eigenvalue weighted by Gasteiger charge is -2.21. The van der Waals surface area contributed by atoms with E-state index in [-0.39, 0.29) is 0 Å². The Balaban J connectivity index is 3.90. The molecule has 0 aliphatic rings. The van der Waals surface area contributed by atoms with E-state index >= 15 is 0 Å². The average molecular weight is 256 g/mol. The third kappa shape index (κ3) is 7.54. The molecular formula is C14H32N4. The average Bonchev–Trinajstić information content (AvgIpc) is 2.36. The molecule has 0 saturated carbocycles. The fourth-order valence-electron chi connectivity index (χ4n) is 2.10. The van der Waals surface area contributed by atoms with E-state index in [1.807, 2.05) is 0 Å². The van der Waals surface area contributed by atoms with Gasteiger partial charge in [0.25, 0.3) is 0 Å². The molecular weight excluding hydrogens is 224 g/mol. The summed E-state index contributed by atoms with van der Waals surface area (Å²) in [5.41, 5.74) is 5.94. The van der Waals surface area contributed by atoms with Gasteiger partial charge in [-0.2, -0.15) is 0 Å². The van der Waals surface area contributed by atoms with Crippen LogP contribution in [0.4, 0.5) is 0 Å². The zero-order valence-electron chi connectivity index (χ0n) is 12.8. The second kappa shape index (κ2) is 11.3. The highest BCUT2D eigenvalue weighted by atomic mass is 15.2. The molecule has 0 fully saturated rings. The Hall–Kier alpha value is -0.770. The molecule has 18 heavy (non-hydrogen) atoms. The Kier molecular flexibility index (Phi) is 10.8. The molecule has 0 aromatic rings. The fourth-order valence-corrected chi connectivity index (χ4v) is 2.10. The summed E-state index contributed by atoms with van der Waals surface area (Å²) in [6, 6.07) is 0. The van der Waals surface area contributed by atoms with Gasteiger partial charge in [-0.15, -0.1) is 0 Å². The molecule has 2 N–H and O–H groups in total. The normalized spacial score (nSPS) is 12.2. The fraction of sp³-hybridized carbons (Fsp3) is 0.929. The smallest absolute Gasteiger partial charge is 0.191 e. The predicted octanol–water partition coefficient (Wildman–Crippen LogP) is 2.16. The number of aliphatic imine (C=N–C) groups is 1. The molecule has 0 atom stereocenters. The Morgan fingerprint density at radius 3 is 1.94 bits per heavy atom. The standard InChI is InChI=1S/C14H32N4/c1-5-11-17(12-6-2)13-9-10-16-14(15)18(7-3)8-4/h5-13H2,1-4H3,(H2,15,16). The van der Waals surface area contributed by atoms with Crippen molar-refractivity contribution in [2.24, 2.45) is 10.7 Å². The van der Waals surface area contributed by atoms with Crippen LogP contribution >= 0.6 is 0 Å². The summed E-state index contributed by atoms with van der Waals surface area (Å²) in [5, 5.41) is 0. The molecule has 4 nitrogen and oxygen atoms in total. The summed E-state index contributed by atoms with van der Waals surface area (Å²) in [6.45, 7) is 14.9. The maximum Gasteiger partial charge on any atom is 0.191 e. The molecule has 0 heterocycles. The van der Waals surface area contributed by atoms with Crippen molar-refractivity contribution in [1.29, 1.82) is 0 Å². The van der Waals surface area contributed by atoms with Crippen molar-refractivity contribution in [2.75, 3.05) is 39.3 Å². The van der Waals surface area contributed by atoms with Crippen LogP contribution in [0.1, 0.15) is 47.0 Å². The third-order valence-corrected chi connectivity index (χ3v) is 3.07. The van der Waals surface area contributed by atoms with E-state index in [0.717, 1.165) is 32.6 Å². The van der Waals surface area contributed by atoms with Crippen molar-refractivity contribution in [3.05, 3.63) is 0 Å². The van der Waals surface area contributed by atoms with E-state index in [2.05, 4.69) is 42.5 Å². The molecule has 0 aliphatic heterocycles. The number of guanidine groups is 1. The molecule has 0 amide bonds. The van der Waals surface area contributed by atoms with Crippen LogP contribution in [0.25, 0.3) is 0 Å². The van der Waals surface area contributed by atoms with Gasteiger partial charge in [-0.1, -0.05) is 13.8 Å². The van der Waals surface area contributed by atoms with Crippen LogP contribution in [-0.2, 0) is 0 Å². The van der Waals surface area contributed by atoms with Crippen LogP contribution in [0.15, 0.2) is 4.99 Å². The van der Waals surface area contributed by atoms with Crippen LogP contribution in [0, 0.1) is 0 Å². The first-order valence-corrected chi connectivity index (χ1v) is 7.46. The van der Waals surface area contributed by atoms with Crippen molar-refractivity contribution in [1.82, 2.24) is 9.80 Å². The van der Waals surface area contributed by atoms with Crippen molar-refractivity contribution in [2.45, 2.75) is 47.0 Å². The summed E-state index contributed by atoms with van der Waals surface area (Å²) in [5.74, 6) is 0.692. The lowest BCUT2D eigenvalue weighted by molar-refractivity contribution is 0.273. The summed E-state index contributed by atoms with van der Waals surface area (Å²) in [6.07, 6.45) is 3.55. The van der Waals surface area contributed by atoms with E-state index in [4.69, 9.17) is 5.73 Å². The number of hydrogen-bond acceptors (Lipinski definition) is 2. The number of nitrogens with two attached hydrogens (primary N) is 1. The van der Waals surface area contributed by atoms with Gasteiger partial charge in [0.2, 0.25) is 0 Å². The van der Waals surface area contributed by atoms with Gasteiger partial charge in [-0.05, 0) is 52.7 Å². The van der Waals surface area contributed by atoms with Gasteiger partial charge in [0.05, 0.1) is 0 Å². The van der Waals surface area contributed by atoms with Crippen LogP contribution in [0.3, 0.4) is 0 Å². The van der Waals surface area contributed by atoms with Gasteiger partial charge in [0.15, 0.2) is 5.96 Å². The minimum absolute atomic E-state index is 0.692. The second-order valence-electron chi connectivity index (χ2n) is 4.61. The van der Waals surface area contributed by atoms with Crippen LogP contribution in [0.5, 0.6) is 0 Å². The minimum atomic E-state index is 0.692. The topological polar surface area (TPSA) is 44.9 Å². The lowest BCUT2D eigenvalue weighted by Crippen LogP contribution is -2.37. The van der Waals surface area contributed by atoms with Gasteiger partial charge >= 0.3 is 0 Å². The van der Waals surface area contributed by atoms with Crippen LogP contribution in [0.2, 0.25) is 0 Å². The molecule has 108 valence electrons. The SMILES string of the molecule is CCCN(CCC)CCCN=C(N)N(CC)CC. The molecule has 0 bridgehead atoms. The molecule has 0 saturated heterocycles. The van der Waals surface area contributed by atoms with E-state index < -0.39 is 0 Å². The van der Waals surface area contributed by atoms with E-state index in [1.165, 1.54) is 25.9 Å². The molecule has 0 radical (unpaired) electrons. The first-order chi connectivity index (χ1) is 8.69. The Morgan fingerprint density at radius 2 is 1.50 bits per heavy atom. The van der Waals surface area contributed by atoms with Gasteiger partial charge in [-0.25, -0.2) is 0 Å². The minimum Gasteiger partial charge on any atom is -0.370 e. The highest BCUT2D eigenvalue weighted by Gasteiger charge is 2.03. The Bertz CT molecular complexity index is 206. The maximum atomic E-state index is 5.94. The van der Waals surface area contributed by atoms with Gasteiger partial charge in [0, 0.05) is 19.6 Å². The molecule has 0 rings (SSSR count). The second-order valence-corrected chi connectivity index (χ2v) is 4.61. The van der Waals surface area contributed by atoms with Crippen LogP contribution in [-0.4, -0.2) is 55.0 Å². The highest BCUT2D eigenvalue weighted by molar-refractivity contribution is 5.77. The number of rotatable bonds is 10. The first-order valence-electron chi connectivity index (χ1n) is 7.46. The molecule has 0 aromatic heterocycles. The summed E-state index contributed by atoms with van der Waals surface area (Å²) < 4.78 is 0. The predicted molar refractivity (Wildman–Crippen MR) is 81.0 cm³/mol. The Labute approximate surface area is 113 Å². The van der Waals surface area contributed by atoms with E-state index in [9.17, 15) is 0 Å². The maximum absolute atomic E-state index is 5.94. The van der Waals surface area contributed by atoms with Crippen molar-refractivity contribution < 1.29 is 0 Å². The summed E-state index contributed by atoms with van der Waals surface area (Å²) in [7, 11) is 0. The zero-order valence-corrected chi connectivity index (χ0v) is 12.8. The van der Waals surface area contributed by atoms with E-state index in [1.54, 1.807) is 0 Å². The molecule has 0 unspecified atom stereocenters. The third-order valence-electron chi connectivity index (χ3n) is 3.07. The van der Waals surface area contributed by atoms with Gasteiger partial charge < -0.3 is 15.5 Å². The monoisotopic (exact) mass is 256 g/mol. The van der Waals surface area contributed by atoms with Gasteiger partial charge in [-0.3, -0.25) is 4.99 Å². The van der Waals surface area contributed by atoms with Crippen molar-refractivity contribution in [3.8, 4) is 0 Å². The zero-order chi connectivity index (χ0) is 13.8. The van der Waals surface area contributed by atoms with Gasteiger partial charge in [0.1, 0.15) is 0 Å². The highest BCUT2D eigenvalue weighted by Crippen LogP contribution is 1.97. The Morgan fingerprint density at radius 1 is 0.944 bits per heavy atom. The number of hydrogen-bond donors (Lipinski definition) is 1. The largest absolute Gasteiger partial charge is 0.370 e. The lowest BCUT2D eigenvalue weighted by atomic mass is 10.3. The van der Waals surface area contributed by atoms with Crippen molar-refractivity contribution in [3.63, 3.8) is 0 Å². The molecule has 4 heteroatoms. The van der Waals surface area contributed by atoms with Crippen molar-refractivity contribution >= 4 is 5.96 Å². The summed E-state index contributed by atoms with van der Waals surface area (Å²) >= 11 is 0. The first kappa shape index (κ1) is 17.2. The quantitative estimate of drug-likeness (QED) is 0.370. The molecule has 0 spiro atoms.